The molecule has 1 aliphatic rings. The molecule has 25 heavy (non-hydrogen) atoms. The van der Waals surface area contributed by atoms with Gasteiger partial charge < -0.3 is 14.6 Å². The Hall–Kier alpha value is -2.63. The van der Waals surface area contributed by atoms with Crippen molar-refractivity contribution in [1.29, 1.82) is 0 Å². The smallest absolute Gasteiger partial charge is 0.356 e. The average molecular weight is 341 g/mol. The molecule has 1 N–H and O–H groups in total. The first-order chi connectivity index (χ1) is 12.0. The van der Waals surface area contributed by atoms with Gasteiger partial charge in [-0.2, -0.15) is 0 Å². The Morgan fingerprint density at radius 2 is 2.16 bits per heavy atom. The summed E-state index contributed by atoms with van der Waals surface area (Å²) in [5, 5.41) is 2.82. The second-order valence-corrected chi connectivity index (χ2v) is 6.64. The van der Waals surface area contributed by atoms with Crippen LogP contribution in [0.5, 0.6) is 0 Å². The van der Waals surface area contributed by atoms with Crippen molar-refractivity contribution >= 4 is 17.6 Å². The number of fused-ring (bicyclic) bond motifs is 1. The van der Waals surface area contributed by atoms with Gasteiger partial charge >= 0.3 is 5.97 Å². The number of ether oxygens (including phenoxy) is 1. The highest BCUT2D eigenvalue weighted by Crippen LogP contribution is 2.35. The number of anilines is 1. The zero-order chi connectivity index (χ0) is 18.0. The standard InChI is InChI=1S/C19H23N3O3/c1-12(2)25-19(24)18-10-20-11-22(18)17-6-4-5-14-9-15(21-13(3)23)7-8-16(14)17/h7-12,17H,4-6H2,1-3H3,(H,21,23)/t17-/m1/s1. The predicted molar refractivity (Wildman–Crippen MR) is 94.6 cm³/mol. The van der Waals surface area contributed by atoms with Crippen LogP contribution in [0.2, 0.25) is 0 Å². The third kappa shape index (κ3) is 3.73. The number of benzene rings is 1. The Labute approximate surface area is 147 Å². The Bertz CT molecular complexity index is 795. The number of nitrogens with one attached hydrogen (secondary N) is 1. The number of nitrogens with zero attached hydrogens (tertiary/aromatic N) is 2. The molecule has 0 saturated heterocycles. The first-order valence-corrected chi connectivity index (χ1v) is 8.59. The number of imidazole rings is 1. The van der Waals surface area contributed by atoms with Crippen LogP contribution in [0, 0.1) is 0 Å². The van der Waals surface area contributed by atoms with Gasteiger partial charge in [0.2, 0.25) is 5.91 Å². The van der Waals surface area contributed by atoms with Crippen LogP contribution < -0.4 is 5.32 Å². The number of aryl methyl sites for hydroxylation is 1. The van der Waals surface area contributed by atoms with Gasteiger partial charge in [-0.1, -0.05) is 6.07 Å². The molecule has 3 rings (SSSR count). The predicted octanol–water partition coefficient (Wildman–Crippen LogP) is 3.33. The van der Waals surface area contributed by atoms with E-state index in [4.69, 9.17) is 4.74 Å². The van der Waals surface area contributed by atoms with Crippen molar-refractivity contribution in [3.63, 3.8) is 0 Å². The fourth-order valence-corrected chi connectivity index (χ4v) is 3.34. The quantitative estimate of drug-likeness (QED) is 0.866. The van der Waals surface area contributed by atoms with Gasteiger partial charge in [-0.3, -0.25) is 4.79 Å². The number of aromatic nitrogens is 2. The molecule has 1 atom stereocenters. The molecule has 1 aliphatic carbocycles. The summed E-state index contributed by atoms with van der Waals surface area (Å²) in [5.74, 6) is -0.435. The highest BCUT2D eigenvalue weighted by atomic mass is 16.5. The van der Waals surface area contributed by atoms with Crippen LogP contribution in [0.1, 0.15) is 61.3 Å². The van der Waals surface area contributed by atoms with Gasteiger partial charge in [0.05, 0.1) is 24.7 Å². The van der Waals surface area contributed by atoms with E-state index in [9.17, 15) is 9.59 Å². The third-order valence-electron chi connectivity index (χ3n) is 4.30. The second-order valence-electron chi connectivity index (χ2n) is 6.64. The summed E-state index contributed by atoms with van der Waals surface area (Å²) in [5.41, 5.74) is 3.63. The molecule has 1 aromatic carbocycles. The van der Waals surface area contributed by atoms with Crippen molar-refractivity contribution in [3.8, 4) is 0 Å². The molecule has 2 aromatic rings. The summed E-state index contributed by atoms with van der Waals surface area (Å²) in [6, 6.07) is 6.00. The molecule has 6 heteroatoms. The van der Waals surface area contributed by atoms with Crippen molar-refractivity contribution in [3.05, 3.63) is 47.5 Å². The van der Waals surface area contributed by atoms with Gasteiger partial charge in [0.15, 0.2) is 0 Å². The highest BCUT2D eigenvalue weighted by Gasteiger charge is 2.26. The maximum Gasteiger partial charge on any atom is 0.356 e. The third-order valence-corrected chi connectivity index (χ3v) is 4.30. The van der Waals surface area contributed by atoms with Crippen molar-refractivity contribution in [2.45, 2.75) is 52.2 Å². The number of esters is 1. The van der Waals surface area contributed by atoms with Crippen molar-refractivity contribution < 1.29 is 14.3 Å². The van der Waals surface area contributed by atoms with E-state index in [1.807, 2.05) is 36.6 Å². The van der Waals surface area contributed by atoms with E-state index < -0.39 is 0 Å². The van der Waals surface area contributed by atoms with Crippen LogP contribution in [0.3, 0.4) is 0 Å². The molecular weight excluding hydrogens is 318 g/mol. The van der Waals surface area contributed by atoms with Crippen LogP contribution in [-0.2, 0) is 16.0 Å². The number of amides is 1. The average Bonchev–Trinajstić information content (AvgIpc) is 3.02. The minimum absolute atomic E-state index is 0.0485. The first-order valence-electron chi connectivity index (χ1n) is 8.59. The molecule has 6 nitrogen and oxygen atoms in total. The van der Waals surface area contributed by atoms with Gasteiger partial charge in [0.1, 0.15) is 5.69 Å². The molecule has 0 spiro atoms. The first kappa shape index (κ1) is 17.2. The Morgan fingerprint density at radius 1 is 1.36 bits per heavy atom. The van der Waals surface area contributed by atoms with E-state index in [1.165, 1.54) is 12.5 Å². The van der Waals surface area contributed by atoms with E-state index >= 15 is 0 Å². The van der Waals surface area contributed by atoms with E-state index in [0.29, 0.717) is 5.69 Å². The summed E-state index contributed by atoms with van der Waals surface area (Å²) in [7, 11) is 0. The minimum atomic E-state index is -0.352. The Balaban J connectivity index is 1.93. The van der Waals surface area contributed by atoms with E-state index in [0.717, 1.165) is 30.5 Å². The lowest BCUT2D eigenvalue weighted by Crippen LogP contribution is -2.22. The molecule has 1 amide bonds. The van der Waals surface area contributed by atoms with E-state index in [1.54, 1.807) is 12.5 Å². The molecule has 0 unspecified atom stereocenters. The molecule has 1 heterocycles. The normalized spacial score (nSPS) is 16.4. The van der Waals surface area contributed by atoms with Crippen molar-refractivity contribution in [2.24, 2.45) is 0 Å². The number of carbonyl (C=O) groups excluding carboxylic acids is 2. The van der Waals surface area contributed by atoms with Crippen LogP contribution >= 0.6 is 0 Å². The van der Waals surface area contributed by atoms with Crippen molar-refractivity contribution in [1.82, 2.24) is 9.55 Å². The second kappa shape index (κ2) is 7.09. The zero-order valence-corrected chi connectivity index (χ0v) is 14.8. The molecule has 1 aromatic heterocycles. The number of hydrogen-bond acceptors (Lipinski definition) is 4. The molecule has 0 aliphatic heterocycles. The number of rotatable bonds is 4. The lowest BCUT2D eigenvalue weighted by atomic mass is 9.87. The van der Waals surface area contributed by atoms with Gasteiger partial charge in [-0.25, -0.2) is 9.78 Å². The number of hydrogen-bond donors (Lipinski definition) is 1. The fourth-order valence-electron chi connectivity index (χ4n) is 3.34. The van der Waals surface area contributed by atoms with E-state index in [2.05, 4.69) is 10.3 Å². The van der Waals surface area contributed by atoms with Crippen LogP contribution in [0.4, 0.5) is 5.69 Å². The Kier molecular flexibility index (Phi) is 4.88. The Morgan fingerprint density at radius 3 is 2.88 bits per heavy atom. The van der Waals surface area contributed by atoms with Gasteiger partial charge in [0, 0.05) is 12.6 Å². The maximum atomic E-state index is 12.3. The minimum Gasteiger partial charge on any atom is -0.458 e. The molecule has 0 bridgehead atoms. The lowest BCUT2D eigenvalue weighted by Gasteiger charge is -2.28. The maximum absolute atomic E-state index is 12.3. The van der Waals surface area contributed by atoms with Crippen LogP contribution in [0.25, 0.3) is 0 Å². The summed E-state index contributed by atoms with van der Waals surface area (Å²) < 4.78 is 7.23. The summed E-state index contributed by atoms with van der Waals surface area (Å²) in [6.07, 6.45) is 5.99. The van der Waals surface area contributed by atoms with Crippen molar-refractivity contribution in [2.75, 3.05) is 5.32 Å². The molecule has 0 saturated carbocycles. The summed E-state index contributed by atoms with van der Waals surface area (Å²) in [6.45, 7) is 5.16. The number of carbonyl (C=O) groups is 2. The zero-order valence-electron chi connectivity index (χ0n) is 14.8. The SMILES string of the molecule is CC(=O)Nc1ccc2c(c1)CCC[C@H]2n1cncc1C(=O)OC(C)C. The monoisotopic (exact) mass is 341 g/mol. The molecular formula is C19H23N3O3. The van der Waals surface area contributed by atoms with Gasteiger partial charge in [-0.05, 0) is 56.4 Å². The molecule has 0 fully saturated rings. The van der Waals surface area contributed by atoms with Crippen LogP contribution in [-0.4, -0.2) is 27.5 Å². The molecule has 132 valence electrons. The van der Waals surface area contributed by atoms with Gasteiger partial charge in [0.25, 0.3) is 0 Å². The molecule has 0 radical (unpaired) electrons. The summed E-state index contributed by atoms with van der Waals surface area (Å²) >= 11 is 0. The topological polar surface area (TPSA) is 73.2 Å². The van der Waals surface area contributed by atoms with Gasteiger partial charge in [-0.15, -0.1) is 0 Å². The van der Waals surface area contributed by atoms with E-state index in [-0.39, 0.29) is 24.0 Å². The summed E-state index contributed by atoms with van der Waals surface area (Å²) in [4.78, 5) is 27.8. The largest absolute Gasteiger partial charge is 0.458 e. The lowest BCUT2D eigenvalue weighted by molar-refractivity contribution is -0.114. The fraction of sp³-hybridized carbons (Fsp3) is 0.421. The highest BCUT2D eigenvalue weighted by molar-refractivity contribution is 5.89. The van der Waals surface area contributed by atoms with Crippen LogP contribution in [0.15, 0.2) is 30.7 Å².